The first-order valence-electron chi connectivity index (χ1n) is 7.20. The molecule has 0 aromatic heterocycles. The summed E-state index contributed by atoms with van der Waals surface area (Å²) in [6.07, 6.45) is 2.92. The predicted octanol–water partition coefficient (Wildman–Crippen LogP) is 1.97. The van der Waals surface area contributed by atoms with Crippen molar-refractivity contribution in [3.05, 3.63) is 28.8 Å². The fraction of sp³-hybridized carbons (Fsp3) is 0.533. The van der Waals surface area contributed by atoms with Crippen LogP contribution in [-0.2, 0) is 10.0 Å². The van der Waals surface area contributed by atoms with E-state index in [2.05, 4.69) is 6.92 Å². The number of sulfonamides is 1. The van der Waals surface area contributed by atoms with Gasteiger partial charge in [-0.3, -0.25) is 4.79 Å². The van der Waals surface area contributed by atoms with Crippen LogP contribution < -0.4 is 5.14 Å². The molecule has 0 aliphatic carbocycles. The van der Waals surface area contributed by atoms with E-state index in [9.17, 15) is 13.2 Å². The minimum Gasteiger partial charge on any atom is -0.336 e. The van der Waals surface area contributed by atoms with Crippen LogP contribution in [0.2, 0.25) is 0 Å². The van der Waals surface area contributed by atoms with Crippen LogP contribution in [0.25, 0.3) is 0 Å². The van der Waals surface area contributed by atoms with Crippen molar-refractivity contribution in [3.63, 3.8) is 0 Å². The van der Waals surface area contributed by atoms with Crippen LogP contribution in [0.15, 0.2) is 17.0 Å². The fourth-order valence-electron chi connectivity index (χ4n) is 3.05. The van der Waals surface area contributed by atoms with Crippen molar-refractivity contribution in [1.29, 1.82) is 0 Å². The molecule has 1 saturated heterocycles. The molecule has 0 radical (unpaired) electrons. The van der Waals surface area contributed by atoms with E-state index in [1.165, 1.54) is 6.07 Å². The molecule has 0 saturated carbocycles. The van der Waals surface area contributed by atoms with Gasteiger partial charge in [0, 0.05) is 18.2 Å². The molecule has 2 N–H and O–H groups in total. The zero-order valence-corrected chi connectivity index (χ0v) is 13.5. The van der Waals surface area contributed by atoms with Crippen molar-refractivity contribution in [2.24, 2.45) is 5.14 Å². The summed E-state index contributed by atoms with van der Waals surface area (Å²) in [6.45, 7) is 6.30. The molecule has 1 amide bonds. The van der Waals surface area contributed by atoms with E-state index in [0.29, 0.717) is 11.1 Å². The Morgan fingerprint density at radius 3 is 2.57 bits per heavy atom. The number of hydrogen-bond donors (Lipinski definition) is 1. The Morgan fingerprint density at radius 2 is 2.00 bits per heavy atom. The molecule has 0 bridgehead atoms. The monoisotopic (exact) mass is 310 g/mol. The molecule has 1 atom stereocenters. The summed E-state index contributed by atoms with van der Waals surface area (Å²) in [4.78, 5) is 14.6. The number of nitrogens with zero attached hydrogens (tertiary/aromatic N) is 1. The van der Waals surface area contributed by atoms with Gasteiger partial charge in [0.05, 0.1) is 4.90 Å². The molecular formula is C15H22N2O3S. The average Bonchev–Trinajstić information content (AvgIpc) is 2.84. The van der Waals surface area contributed by atoms with Crippen LogP contribution in [0.3, 0.4) is 0 Å². The SMILES string of the molecule is CCC1CCCN1C(=O)c1cc(S(N)(=O)=O)c(C)cc1C. The summed E-state index contributed by atoms with van der Waals surface area (Å²) in [7, 11) is -3.82. The third kappa shape index (κ3) is 3.11. The van der Waals surface area contributed by atoms with Crippen molar-refractivity contribution in [1.82, 2.24) is 4.90 Å². The second kappa shape index (κ2) is 5.77. The number of benzene rings is 1. The van der Waals surface area contributed by atoms with Crippen LogP contribution in [-0.4, -0.2) is 31.8 Å². The van der Waals surface area contributed by atoms with Gasteiger partial charge in [0.2, 0.25) is 10.0 Å². The lowest BCUT2D eigenvalue weighted by atomic mass is 10.0. The first-order valence-corrected chi connectivity index (χ1v) is 8.75. The Kier molecular flexibility index (Phi) is 4.39. The molecule has 1 heterocycles. The van der Waals surface area contributed by atoms with Crippen LogP contribution in [0.4, 0.5) is 0 Å². The molecule has 1 aliphatic rings. The first kappa shape index (κ1) is 16.0. The number of amides is 1. The third-order valence-electron chi connectivity index (χ3n) is 4.17. The van der Waals surface area contributed by atoms with Gasteiger partial charge in [-0.1, -0.05) is 13.0 Å². The second-order valence-corrected chi connectivity index (χ2v) is 7.21. The molecule has 116 valence electrons. The van der Waals surface area contributed by atoms with Crippen molar-refractivity contribution in [3.8, 4) is 0 Å². The maximum Gasteiger partial charge on any atom is 0.254 e. The predicted molar refractivity (Wildman–Crippen MR) is 81.6 cm³/mol. The Morgan fingerprint density at radius 1 is 1.33 bits per heavy atom. The van der Waals surface area contributed by atoms with Crippen LogP contribution in [0, 0.1) is 13.8 Å². The fourth-order valence-corrected chi connectivity index (χ4v) is 3.84. The van der Waals surface area contributed by atoms with E-state index in [4.69, 9.17) is 5.14 Å². The minimum absolute atomic E-state index is 0.0312. The summed E-state index contributed by atoms with van der Waals surface area (Å²) in [5, 5.41) is 5.23. The summed E-state index contributed by atoms with van der Waals surface area (Å²) >= 11 is 0. The Hall–Kier alpha value is -1.40. The molecule has 1 unspecified atom stereocenters. The van der Waals surface area contributed by atoms with Crippen LogP contribution in [0.1, 0.15) is 47.7 Å². The Balaban J connectivity index is 2.46. The summed E-state index contributed by atoms with van der Waals surface area (Å²) in [5.41, 5.74) is 1.79. The second-order valence-electron chi connectivity index (χ2n) is 5.68. The molecule has 1 aromatic carbocycles. The van der Waals surface area contributed by atoms with Gasteiger partial charge < -0.3 is 4.90 Å². The quantitative estimate of drug-likeness (QED) is 0.926. The number of hydrogen-bond acceptors (Lipinski definition) is 3. The lowest BCUT2D eigenvalue weighted by Crippen LogP contribution is -2.35. The topological polar surface area (TPSA) is 80.5 Å². The normalized spacial score (nSPS) is 19.0. The van der Waals surface area contributed by atoms with E-state index in [1.54, 1.807) is 13.0 Å². The molecule has 21 heavy (non-hydrogen) atoms. The molecular weight excluding hydrogens is 288 g/mol. The molecule has 1 aromatic rings. The van der Waals surface area contributed by atoms with Gasteiger partial charge in [0.25, 0.3) is 5.91 Å². The lowest BCUT2D eigenvalue weighted by molar-refractivity contribution is 0.0732. The maximum absolute atomic E-state index is 12.7. The van der Waals surface area contributed by atoms with Crippen molar-refractivity contribution in [2.75, 3.05) is 6.54 Å². The highest BCUT2D eigenvalue weighted by molar-refractivity contribution is 7.89. The van der Waals surface area contributed by atoms with Gasteiger partial charge in [0.1, 0.15) is 0 Å². The van der Waals surface area contributed by atoms with Crippen LogP contribution in [0.5, 0.6) is 0 Å². The molecule has 2 rings (SSSR count). The van der Waals surface area contributed by atoms with Gasteiger partial charge >= 0.3 is 0 Å². The standard InChI is InChI=1S/C15H22N2O3S/c1-4-12-6-5-7-17(12)15(18)13-9-14(21(16,19)20)11(3)8-10(13)2/h8-9,12H,4-7H2,1-3H3,(H2,16,19,20). The van der Waals surface area contributed by atoms with Crippen LogP contribution >= 0.6 is 0 Å². The highest BCUT2D eigenvalue weighted by atomic mass is 32.2. The third-order valence-corrected chi connectivity index (χ3v) is 5.22. The Bertz CT molecular complexity index is 668. The largest absolute Gasteiger partial charge is 0.336 e. The van der Waals surface area contributed by atoms with Gasteiger partial charge in [0.15, 0.2) is 0 Å². The number of aryl methyl sites for hydroxylation is 2. The number of carbonyl (C=O) groups is 1. The molecule has 6 heteroatoms. The highest BCUT2D eigenvalue weighted by Crippen LogP contribution is 2.26. The number of primary sulfonamides is 1. The summed E-state index contributed by atoms with van der Waals surface area (Å²) < 4.78 is 23.3. The van der Waals surface area contributed by atoms with Gasteiger partial charge in [-0.2, -0.15) is 0 Å². The number of carbonyl (C=O) groups excluding carboxylic acids is 1. The summed E-state index contributed by atoms with van der Waals surface area (Å²) in [5.74, 6) is -0.0956. The van der Waals surface area contributed by atoms with Crippen molar-refractivity contribution < 1.29 is 13.2 Å². The van der Waals surface area contributed by atoms with E-state index in [-0.39, 0.29) is 16.8 Å². The summed E-state index contributed by atoms with van der Waals surface area (Å²) in [6, 6.07) is 3.38. The van der Waals surface area contributed by atoms with Gasteiger partial charge in [-0.25, -0.2) is 13.6 Å². The Labute approximate surface area is 126 Å². The van der Waals surface area contributed by atoms with E-state index < -0.39 is 10.0 Å². The van der Waals surface area contributed by atoms with Gasteiger partial charge in [-0.05, 0) is 50.3 Å². The molecule has 0 spiro atoms. The lowest BCUT2D eigenvalue weighted by Gasteiger charge is -2.25. The van der Waals surface area contributed by atoms with E-state index in [1.807, 2.05) is 11.8 Å². The molecule has 1 aliphatic heterocycles. The van der Waals surface area contributed by atoms with Crippen molar-refractivity contribution in [2.45, 2.75) is 51.0 Å². The number of nitrogens with two attached hydrogens (primary N) is 1. The molecule has 5 nitrogen and oxygen atoms in total. The zero-order chi connectivity index (χ0) is 15.8. The number of likely N-dealkylation sites (tertiary alicyclic amines) is 1. The zero-order valence-electron chi connectivity index (χ0n) is 12.7. The van der Waals surface area contributed by atoms with Crippen molar-refractivity contribution >= 4 is 15.9 Å². The average molecular weight is 310 g/mol. The van der Waals surface area contributed by atoms with E-state index in [0.717, 1.165) is 31.4 Å². The van der Waals surface area contributed by atoms with E-state index >= 15 is 0 Å². The maximum atomic E-state index is 12.7. The molecule has 1 fully saturated rings. The number of rotatable bonds is 3. The smallest absolute Gasteiger partial charge is 0.254 e. The van der Waals surface area contributed by atoms with Gasteiger partial charge in [-0.15, -0.1) is 0 Å². The minimum atomic E-state index is -3.82. The first-order chi connectivity index (χ1) is 9.75. The highest BCUT2D eigenvalue weighted by Gasteiger charge is 2.29.